The third-order valence-corrected chi connectivity index (χ3v) is 4.41. The van der Waals surface area contributed by atoms with Crippen LogP contribution in [0.3, 0.4) is 0 Å². The fourth-order valence-corrected chi connectivity index (χ4v) is 3.09. The maximum atomic E-state index is 12.8. The first-order valence-electron chi connectivity index (χ1n) is 8.46. The number of carbonyl (C=O) groups is 3. The summed E-state index contributed by atoms with van der Waals surface area (Å²) in [5.74, 6) is -1.04. The minimum atomic E-state index is -0.988. The summed E-state index contributed by atoms with van der Waals surface area (Å²) < 4.78 is 5.12. The number of nitrogens with one attached hydrogen (secondary N) is 1. The summed E-state index contributed by atoms with van der Waals surface area (Å²) in [6, 6.07) is 7.32. The number of carboxylic acid groups (broad SMARTS) is 1. The largest absolute Gasteiger partial charge is 0.480 e. The molecule has 1 aromatic heterocycles. The number of rotatable bonds is 4. The summed E-state index contributed by atoms with van der Waals surface area (Å²) in [6.07, 6.45) is 3.40. The summed E-state index contributed by atoms with van der Waals surface area (Å²) in [5, 5.41) is 12.1. The zero-order valence-corrected chi connectivity index (χ0v) is 14.4. The van der Waals surface area contributed by atoms with Crippen molar-refractivity contribution >= 4 is 23.5 Å². The summed E-state index contributed by atoms with van der Waals surface area (Å²) in [5.41, 5.74) is 1.20. The Morgan fingerprint density at radius 3 is 2.69 bits per heavy atom. The lowest BCUT2D eigenvalue weighted by atomic mass is 10.0. The second-order valence-electron chi connectivity index (χ2n) is 6.33. The van der Waals surface area contributed by atoms with Crippen molar-refractivity contribution < 1.29 is 23.9 Å². The molecule has 1 aliphatic heterocycles. The number of hydrogen-bond acceptors (Lipinski definition) is 4. The van der Waals surface area contributed by atoms with Crippen molar-refractivity contribution in [2.24, 2.45) is 0 Å². The number of nitrogens with zero attached hydrogens (tertiary/aromatic N) is 1. The van der Waals surface area contributed by atoms with Gasteiger partial charge in [0.05, 0.1) is 5.56 Å². The molecule has 1 saturated heterocycles. The summed E-state index contributed by atoms with van der Waals surface area (Å²) >= 11 is 0. The lowest BCUT2D eigenvalue weighted by molar-refractivity contribution is -0.143. The monoisotopic (exact) mass is 356 g/mol. The molecular formula is C19H20N2O5. The molecule has 3 rings (SSSR count). The number of likely N-dealkylation sites (tertiary alicyclic amines) is 1. The molecule has 2 amide bonds. The van der Waals surface area contributed by atoms with Crippen molar-refractivity contribution in [2.75, 3.05) is 11.9 Å². The van der Waals surface area contributed by atoms with Gasteiger partial charge in [-0.25, -0.2) is 4.79 Å². The van der Waals surface area contributed by atoms with Crippen LogP contribution in [0.2, 0.25) is 0 Å². The molecule has 7 nitrogen and oxygen atoms in total. The number of carbonyl (C=O) groups excluding carboxylic acids is 2. The van der Waals surface area contributed by atoms with E-state index >= 15 is 0 Å². The maximum Gasteiger partial charge on any atom is 0.326 e. The number of anilines is 1. The lowest BCUT2D eigenvalue weighted by Crippen LogP contribution is -2.48. The highest BCUT2D eigenvalue weighted by Gasteiger charge is 2.32. The van der Waals surface area contributed by atoms with E-state index in [2.05, 4.69) is 5.32 Å². The van der Waals surface area contributed by atoms with Gasteiger partial charge in [-0.2, -0.15) is 0 Å². The van der Waals surface area contributed by atoms with Gasteiger partial charge in [-0.15, -0.1) is 0 Å². The second kappa shape index (κ2) is 7.43. The van der Waals surface area contributed by atoms with Crippen LogP contribution in [0.5, 0.6) is 0 Å². The van der Waals surface area contributed by atoms with E-state index in [0.29, 0.717) is 35.5 Å². The average molecular weight is 356 g/mol. The smallest absolute Gasteiger partial charge is 0.326 e. The molecule has 1 aliphatic rings. The topological polar surface area (TPSA) is 99.9 Å². The van der Waals surface area contributed by atoms with E-state index in [1.54, 1.807) is 37.3 Å². The number of aliphatic carboxylic acids is 1. The second-order valence-corrected chi connectivity index (χ2v) is 6.33. The van der Waals surface area contributed by atoms with Crippen molar-refractivity contribution in [1.29, 1.82) is 0 Å². The number of benzene rings is 1. The van der Waals surface area contributed by atoms with E-state index in [1.807, 2.05) is 0 Å². The van der Waals surface area contributed by atoms with Crippen LogP contribution in [-0.2, 0) is 4.79 Å². The van der Waals surface area contributed by atoms with Crippen LogP contribution in [0.4, 0.5) is 5.69 Å². The molecule has 136 valence electrons. The van der Waals surface area contributed by atoms with Gasteiger partial charge in [0.25, 0.3) is 11.8 Å². The van der Waals surface area contributed by atoms with Crippen molar-refractivity contribution in [1.82, 2.24) is 4.90 Å². The molecule has 0 bridgehead atoms. The number of piperidine rings is 1. The highest BCUT2D eigenvalue weighted by molar-refractivity contribution is 6.05. The van der Waals surface area contributed by atoms with Gasteiger partial charge in [0.15, 0.2) is 0 Å². The van der Waals surface area contributed by atoms with E-state index in [-0.39, 0.29) is 11.8 Å². The van der Waals surface area contributed by atoms with Gasteiger partial charge < -0.3 is 19.7 Å². The molecule has 1 unspecified atom stereocenters. The molecule has 2 aromatic rings. The van der Waals surface area contributed by atoms with Gasteiger partial charge in [-0.05, 0) is 50.5 Å². The predicted molar refractivity (Wildman–Crippen MR) is 94.2 cm³/mol. The van der Waals surface area contributed by atoms with Crippen molar-refractivity contribution in [3.63, 3.8) is 0 Å². The Hall–Kier alpha value is -3.09. The molecule has 2 N–H and O–H groups in total. The summed E-state index contributed by atoms with van der Waals surface area (Å²) in [4.78, 5) is 37.8. The Kier molecular flexibility index (Phi) is 5.06. The fraction of sp³-hybridized carbons (Fsp3) is 0.316. The molecule has 0 aliphatic carbocycles. The minimum Gasteiger partial charge on any atom is -0.480 e. The molecule has 26 heavy (non-hydrogen) atoms. The van der Waals surface area contributed by atoms with Crippen molar-refractivity contribution in [3.05, 3.63) is 53.5 Å². The normalized spacial score (nSPS) is 17.0. The Bertz CT molecular complexity index is 842. The molecule has 1 fully saturated rings. The molecule has 1 atom stereocenters. The zero-order valence-electron chi connectivity index (χ0n) is 14.4. The third kappa shape index (κ3) is 3.77. The Morgan fingerprint density at radius 1 is 1.19 bits per heavy atom. The lowest BCUT2D eigenvalue weighted by Gasteiger charge is -2.33. The third-order valence-electron chi connectivity index (χ3n) is 4.41. The quantitative estimate of drug-likeness (QED) is 0.877. The first-order chi connectivity index (χ1) is 12.5. The van der Waals surface area contributed by atoms with Crippen LogP contribution in [0.25, 0.3) is 0 Å². The van der Waals surface area contributed by atoms with E-state index in [4.69, 9.17) is 4.42 Å². The molecule has 0 saturated carbocycles. The van der Waals surface area contributed by atoms with Gasteiger partial charge >= 0.3 is 5.97 Å². The highest BCUT2D eigenvalue weighted by Crippen LogP contribution is 2.21. The van der Waals surface area contributed by atoms with Gasteiger partial charge in [0, 0.05) is 17.8 Å². The molecule has 1 aromatic carbocycles. The predicted octanol–water partition coefficient (Wildman–Crippen LogP) is 2.92. The van der Waals surface area contributed by atoms with Crippen LogP contribution in [0.1, 0.15) is 45.7 Å². The van der Waals surface area contributed by atoms with Crippen LogP contribution >= 0.6 is 0 Å². The molecule has 7 heteroatoms. The summed E-state index contributed by atoms with van der Waals surface area (Å²) in [7, 11) is 0. The number of carboxylic acids is 1. The van der Waals surface area contributed by atoms with E-state index < -0.39 is 12.0 Å². The first kappa shape index (κ1) is 17.7. The van der Waals surface area contributed by atoms with Gasteiger partial charge in [-0.1, -0.05) is 6.07 Å². The van der Waals surface area contributed by atoms with Crippen LogP contribution in [-0.4, -0.2) is 40.4 Å². The Balaban J connectivity index is 1.77. The Labute approximate surface area is 150 Å². The van der Waals surface area contributed by atoms with Crippen molar-refractivity contribution in [3.8, 4) is 0 Å². The molecule has 0 radical (unpaired) electrons. The Morgan fingerprint density at radius 2 is 2.00 bits per heavy atom. The maximum absolute atomic E-state index is 12.8. The minimum absolute atomic E-state index is 0.340. The number of hydrogen-bond donors (Lipinski definition) is 2. The average Bonchev–Trinajstić information content (AvgIpc) is 3.08. The van der Waals surface area contributed by atoms with Crippen LogP contribution in [0.15, 0.2) is 41.0 Å². The van der Waals surface area contributed by atoms with Crippen LogP contribution in [0, 0.1) is 6.92 Å². The van der Waals surface area contributed by atoms with E-state index in [0.717, 1.165) is 12.8 Å². The van der Waals surface area contributed by atoms with Gasteiger partial charge in [0.1, 0.15) is 18.1 Å². The zero-order chi connectivity index (χ0) is 18.7. The molecular weight excluding hydrogens is 336 g/mol. The number of amides is 2. The van der Waals surface area contributed by atoms with Gasteiger partial charge in [0.2, 0.25) is 0 Å². The first-order valence-corrected chi connectivity index (χ1v) is 8.46. The van der Waals surface area contributed by atoms with Crippen molar-refractivity contribution in [2.45, 2.75) is 32.2 Å². The molecule has 0 spiro atoms. The standard InChI is InChI=1S/C19H20N2O5/c1-12-9-14(11-26-12)17(22)20-15-6-4-5-13(10-15)18(23)21-8-3-2-7-16(21)19(24)25/h4-6,9-11,16H,2-3,7-8H2,1H3,(H,20,22)(H,24,25). The van der Waals surface area contributed by atoms with Gasteiger partial charge in [-0.3, -0.25) is 9.59 Å². The SMILES string of the molecule is Cc1cc(C(=O)Nc2cccc(C(=O)N3CCCCC3C(=O)O)c2)co1. The summed E-state index contributed by atoms with van der Waals surface area (Å²) in [6.45, 7) is 2.16. The van der Waals surface area contributed by atoms with E-state index in [1.165, 1.54) is 11.2 Å². The number of furan rings is 1. The fourth-order valence-electron chi connectivity index (χ4n) is 3.09. The number of aryl methyl sites for hydroxylation is 1. The highest BCUT2D eigenvalue weighted by atomic mass is 16.4. The van der Waals surface area contributed by atoms with Crippen LogP contribution < -0.4 is 5.32 Å². The molecule has 2 heterocycles. The van der Waals surface area contributed by atoms with E-state index in [9.17, 15) is 19.5 Å².